The molecule has 0 aliphatic carbocycles. The molecule has 1 aliphatic rings. The summed E-state index contributed by atoms with van der Waals surface area (Å²) in [6, 6.07) is 7.58. The second-order valence-electron chi connectivity index (χ2n) is 8.76. The van der Waals surface area contributed by atoms with Gasteiger partial charge in [-0.1, -0.05) is 26.8 Å². The Morgan fingerprint density at radius 1 is 1.33 bits per heavy atom. The maximum atomic E-state index is 13.6. The molecule has 0 spiro atoms. The number of nitrogens with zero attached hydrogens (tertiary/aromatic N) is 2. The molecule has 8 heteroatoms. The predicted molar refractivity (Wildman–Crippen MR) is 129 cm³/mol. The molecule has 3 amide bonds. The Bertz CT molecular complexity index is 933. The van der Waals surface area contributed by atoms with E-state index in [1.165, 1.54) is 17.0 Å². The number of halogens is 1. The standard InChI is InChI=1S/C25H34FN3O3S/c1-4-11-27-25(31)28(12-8-18(2)3)16-24(30)29-13-9-23-21(10-14-33-23)22(29)17-32-20-7-5-6-19(26)15-20/h5-7,10,14-15,18,22H,4,8-9,11-13,16-17H2,1-3H3,(H,27,31). The molecule has 3 rings (SSSR count). The highest BCUT2D eigenvalue weighted by atomic mass is 32.1. The lowest BCUT2D eigenvalue weighted by atomic mass is 10.0. The third-order valence-electron chi connectivity index (χ3n) is 5.74. The summed E-state index contributed by atoms with van der Waals surface area (Å²) in [5.41, 5.74) is 1.07. The van der Waals surface area contributed by atoms with Crippen LogP contribution in [0, 0.1) is 11.7 Å². The highest BCUT2D eigenvalue weighted by Crippen LogP contribution is 2.34. The topological polar surface area (TPSA) is 61.9 Å². The van der Waals surface area contributed by atoms with Crippen molar-refractivity contribution < 1.29 is 18.7 Å². The minimum atomic E-state index is -0.362. The number of hydrogen-bond acceptors (Lipinski definition) is 4. The molecule has 180 valence electrons. The minimum Gasteiger partial charge on any atom is -0.491 e. The SMILES string of the molecule is CCCNC(=O)N(CCC(C)C)CC(=O)N1CCc2sccc2C1COc1cccc(F)c1. The molecule has 1 aromatic heterocycles. The highest BCUT2D eigenvalue weighted by Gasteiger charge is 2.33. The van der Waals surface area contributed by atoms with E-state index in [1.54, 1.807) is 28.4 Å². The Kier molecular flexibility index (Phi) is 9.11. The molecule has 2 heterocycles. The fourth-order valence-corrected chi connectivity index (χ4v) is 4.80. The first-order valence-electron chi connectivity index (χ1n) is 11.7. The van der Waals surface area contributed by atoms with Crippen LogP contribution in [0.1, 0.15) is 50.1 Å². The molecule has 0 bridgehead atoms. The van der Waals surface area contributed by atoms with E-state index in [4.69, 9.17) is 4.74 Å². The van der Waals surface area contributed by atoms with Gasteiger partial charge in [0, 0.05) is 30.6 Å². The second kappa shape index (κ2) is 12.0. The van der Waals surface area contributed by atoms with Gasteiger partial charge < -0.3 is 19.9 Å². The van der Waals surface area contributed by atoms with E-state index in [2.05, 4.69) is 19.2 Å². The zero-order valence-electron chi connectivity index (χ0n) is 19.7. The number of carbonyl (C=O) groups is 2. The quantitative estimate of drug-likeness (QED) is 0.534. The summed E-state index contributed by atoms with van der Waals surface area (Å²) in [5.74, 6) is 0.397. The largest absolute Gasteiger partial charge is 0.491 e. The first-order chi connectivity index (χ1) is 15.9. The van der Waals surface area contributed by atoms with Gasteiger partial charge in [0.1, 0.15) is 24.7 Å². The number of carbonyl (C=O) groups excluding carboxylic acids is 2. The van der Waals surface area contributed by atoms with Gasteiger partial charge in [0.25, 0.3) is 0 Å². The Morgan fingerprint density at radius 3 is 2.88 bits per heavy atom. The third kappa shape index (κ3) is 6.93. The Hall–Kier alpha value is -2.61. The summed E-state index contributed by atoms with van der Waals surface area (Å²) < 4.78 is 19.5. The summed E-state index contributed by atoms with van der Waals surface area (Å²) in [6.07, 6.45) is 2.45. The lowest BCUT2D eigenvalue weighted by Crippen LogP contribution is -2.50. The zero-order valence-corrected chi connectivity index (χ0v) is 20.5. The molecule has 0 saturated carbocycles. The smallest absolute Gasteiger partial charge is 0.317 e. The summed E-state index contributed by atoms with van der Waals surface area (Å²) in [6.45, 7) is 8.14. The molecule has 33 heavy (non-hydrogen) atoms. The number of ether oxygens (including phenoxy) is 1. The fourth-order valence-electron chi connectivity index (χ4n) is 3.87. The van der Waals surface area contributed by atoms with Crippen LogP contribution in [-0.4, -0.2) is 54.5 Å². The van der Waals surface area contributed by atoms with Gasteiger partial charge in [-0.15, -0.1) is 11.3 Å². The van der Waals surface area contributed by atoms with Crippen LogP contribution in [0.25, 0.3) is 0 Å². The first-order valence-corrected chi connectivity index (χ1v) is 12.5. The van der Waals surface area contributed by atoms with E-state index in [0.29, 0.717) is 31.3 Å². The van der Waals surface area contributed by atoms with E-state index < -0.39 is 0 Å². The maximum absolute atomic E-state index is 13.6. The molecular formula is C25H34FN3O3S. The number of fused-ring (bicyclic) bond motifs is 1. The van der Waals surface area contributed by atoms with Gasteiger partial charge in [0.05, 0.1) is 6.04 Å². The Labute approximate surface area is 199 Å². The molecule has 0 radical (unpaired) electrons. The predicted octanol–water partition coefficient (Wildman–Crippen LogP) is 4.86. The number of thiophene rings is 1. The second-order valence-corrected chi connectivity index (χ2v) is 9.76. The lowest BCUT2D eigenvalue weighted by molar-refractivity contribution is -0.135. The third-order valence-corrected chi connectivity index (χ3v) is 6.73. The summed E-state index contributed by atoms with van der Waals surface area (Å²) in [7, 11) is 0. The van der Waals surface area contributed by atoms with Gasteiger partial charge in [-0.25, -0.2) is 9.18 Å². The van der Waals surface area contributed by atoms with Crippen LogP contribution < -0.4 is 10.1 Å². The number of nitrogens with one attached hydrogen (secondary N) is 1. The average Bonchev–Trinajstić information content (AvgIpc) is 3.27. The van der Waals surface area contributed by atoms with Crippen LogP contribution in [0.4, 0.5) is 9.18 Å². The van der Waals surface area contributed by atoms with Crippen molar-refractivity contribution in [3.63, 3.8) is 0 Å². The molecule has 1 aliphatic heterocycles. The van der Waals surface area contributed by atoms with Crippen molar-refractivity contribution in [3.05, 3.63) is 52.0 Å². The zero-order chi connectivity index (χ0) is 23.8. The minimum absolute atomic E-state index is 0.0260. The van der Waals surface area contributed by atoms with Crippen LogP contribution in [0.3, 0.4) is 0 Å². The van der Waals surface area contributed by atoms with Gasteiger partial charge in [0.2, 0.25) is 5.91 Å². The van der Waals surface area contributed by atoms with Crippen molar-refractivity contribution in [3.8, 4) is 5.75 Å². The molecule has 6 nitrogen and oxygen atoms in total. The van der Waals surface area contributed by atoms with E-state index in [0.717, 1.165) is 24.8 Å². The number of hydrogen-bond donors (Lipinski definition) is 1. The molecule has 1 atom stereocenters. The van der Waals surface area contributed by atoms with Crippen molar-refractivity contribution in [2.75, 3.05) is 32.8 Å². The summed E-state index contributed by atoms with van der Waals surface area (Å²) in [5, 5.41) is 4.93. The number of amides is 3. The van der Waals surface area contributed by atoms with Crippen molar-refractivity contribution in [2.45, 2.75) is 46.1 Å². The van der Waals surface area contributed by atoms with Crippen molar-refractivity contribution >= 4 is 23.3 Å². The lowest BCUT2D eigenvalue weighted by Gasteiger charge is -2.37. The fraction of sp³-hybridized carbons (Fsp3) is 0.520. The Balaban J connectivity index is 1.74. The van der Waals surface area contributed by atoms with E-state index in [1.807, 2.05) is 23.3 Å². The van der Waals surface area contributed by atoms with Gasteiger partial charge in [-0.3, -0.25) is 4.79 Å². The van der Waals surface area contributed by atoms with Crippen molar-refractivity contribution in [1.82, 2.24) is 15.1 Å². The van der Waals surface area contributed by atoms with Crippen LogP contribution in [0.5, 0.6) is 5.75 Å². The monoisotopic (exact) mass is 475 g/mol. The molecule has 0 saturated heterocycles. The van der Waals surface area contributed by atoms with Gasteiger partial charge in [-0.05, 0) is 54.3 Å². The van der Waals surface area contributed by atoms with Crippen LogP contribution >= 0.6 is 11.3 Å². The molecule has 1 N–H and O–H groups in total. The molecule has 1 unspecified atom stereocenters. The van der Waals surface area contributed by atoms with E-state index >= 15 is 0 Å². The van der Waals surface area contributed by atoms with Crippen molar-refractivity contribution in [1.29, 1.82) is 0 Å². The normalized spacial score (nSPS) is 15.3. The first kappa shape index (κ1) is 25.0. The van der Waals surface area contributed by atoms with E-state index in [-0.39, 0.29) is 36.9 Å². The summed E-state index contributed by atoms with van der Waals surface area (Å²) in [4.78, 5) is 30.8. The number of urea groups is 1. The van der Waals surface area contributed by atoms with Gasteiger partial charge in [-0.2, -0.15) is 0 Å². The Morgan fingerprint density at radius 2 is 2.15 bits per heavy atom. The van der Waals surface area contributed by atoms with Gasteiger partial charge in [0.15, 0.2) is 0 Å². The summed E-state index contributed by atoms with van der Waals surface area (Å²) >= 11 is 1.68. The molecule has 1 aromatic carbocycles. The molecular weight excluding hydrogens is 441 g/mol. The number of rotatable bonds is 10. The highest BCUT2D eigenvalue weighted by molar-refractivity contribution is 7.10. The van der Waals surface area contributed by atoms with Crippen LogP contribution in [0.2, 0.25) is 0 Å². The van der Waals surface area contributed by atoms with Crippen LogP contribution in [-0.2, 0) is 11.2 Å². The van der Waals surface area contributed by atoms with Gasteiger partial charge >= 0.3 is 6.03 Å². The van der Waals surface area contributed by atoms with Crippen LogP contribution in [0.15, 0.2) is 35.7 Å². The van der Waals surface area contributed by atoms with E-state index in [9.17, 15) is 14.0 Å². The maximum Gasteiger partial charge on any atom is 0.317 e. The average molecular weight is 476 g/mol. The van der Waals surface area contributed by atoms with Crippen molar-refractivity contribution in [2.24, 2.45) is 5.92 Å². The molecule has 0 fully saturated rings. The number of benzene rings is 1. The molecule has 2 aromatic rings.